The number of thiazole rings is 1. The van der Waals surface area contributed by atoms with Gasteiger partial charge in [0.1, 0.15) is 36.1 Å². The maximum absolute atomic E-state index is 14.1. The minimum absolute atomic E-state index is 0.00959. The van der Waals surface area contributed by atoms with Crippen LogP contribution in [0.3, 0.4) is 0 Å². The number of pyridine rings is 1. The number of aliphatic hydroxyl groups excluding tert-OH is 2. The van der Waals surface area contributed by atoms with Gasteiger partial charge in [-0.15, -0.1) is 22.7 Å². The van der Waals surface area contributed by atoms with Gasteiger partial charge in [0.05, 0.1) is 23.4 Å². The quantitative estimate of drug-likeness (QED) is 0.108. The van der Waals surface area contributed by atoms with Crippen LogP contribution in [0.4, 0.5) is 26.3 Å². The van der Waals surface area contributed by atoms with Crippen molar-refractivity contribution in [2.45, 2.75) is 56.0 Å². The second-order valence-corrected chi connectivity index (χ2v) is 16.6. The molecule has 11 nitrogen and oxygen atoms in total. The monoisotopic (exact) mass is 862 g/mol. The molecule has 1 saturated heterocycles. The van der Waals surface area contributed by atoms with Crippen LogP contribution in [0.1, 0.15) is 34.2 Å². The second-order valence-electron chi connectivity index (χ2n) is 14.6. The Labute approximate surface area is 342 Å². The summed E-state index contributed by atoms with van der Waals surface area (Å²) in [4.78, 5) is 40.5. The van der Waals surface area contributed by atoms with Crippen molar-refractivity contribution in [3.8, 4) is 16.3 Å². The van der Waals surface area contributed by atoms with E-state index < -0.39 is 66.5 Å². The average molecular weight is 863 g/mol. The van der Waals surface area contributed by atoms with Crippen molar-refractivity contribution in [2.24, 2.45) is 5.92 Å². The van der Waals surface area contributed by atoms with Gasteiger partial charge in [-0.3, -0.25) is 24.4 Å². The van der Waals surface area contributed by atoms with Gasteiger partial charge in [0.15, 0.2) is 0 Å². The Hall–Kier alpha value is -4.66. The van der Waals surface area contributed by atoms with Crippen LogP contribution in [-0.4, -0.2) is 106 Å². The highest BCUT2D eigenvalue weighted by Gasteiger charge is 2.38. The number of nitrogens with zero attached hydrogens (tertiary/aromatic N) is 4. The van der Waals surface area contributed by atoms with Crippen LogP contribution >= 0.6 is 22.7 Å². The number of ether oxygens (including phenoxy) is 1. The van der Waals surface area contributed by atoms with Gasteiger partial charge in [-0.25, -0.2) is 4.98 Å². The van der Waals surface area contributed by atoms with Crippen LogP contribution in [0, 0.1) is 5.92 Å². The van der Waals surface area contributed by atoms with Crippen molar-refractivity contribution in [1.29, 1.82) is 0 Å². The van der Waals surface area contributed by atoms with Gasteiger partial charge < -0.3 is 25.6 Å². The molecule has 0 spiro atoms. The number of alkyl halides is 6. The number of nitrogens with one attached hydrogen (secondary N) is 2. The van der Waals surface area contributed by atoms with Crippen molar-refractivity contribution < 1.29 is 50.9 Å². The first-order valence-corrected chi connectivity index (χ1v) is 20.4. The fourth-order valence-electron chi connectivity index (χ4n) is 7.37. The number of fused-ring (bicyclic) bond motifs is 2. The number of halogens is 6. The Morgan fingerprint density at radius 3 is 2.56 bits per heavy atom. The van der Waals surface area contributed by atoms with Gasteiger partial charge in [0.2, 0.25) is 11.8 Å². The molecule has 19 heteroatoms. The molecule has 5 heterocycles. The highest BCUT2D eigenvalue weighted by molar-refractivity contribution is 7.19. The van der Waals surface area contributed by atoms with Gasteiger partial charge in [0, 0.05) is 82.5 Å². The lowest BCUT2D eigenvalue weighted by atomic mass is 9.92. The average Bonchev–Trinajstić information content (AvgIpc) is 3.84. The number of carbonyl (C=O) groups excluding carboxylic acids is 2. The highest BCUT2D eigenvalue weighted by Crippen LogP contribution is 2.35. The molecular weight excluding hydrogens is 823 g/mol. The molecule has 2 aliphatic rings. The van der Waals surface area contributed by atoms with Crippen LogP contribution in [-0.2, 0) is 28.7 Å². The summed E-state index contributed by atoms with van der Waals surface area (Å²) in [6.45, 7) is -0.975. The summed E-state index contributed by atoms with van der Waals surface area (Å²) in [6.07, 6.45) is -7.83. The van der Waals surface area contributed by atoms with E-state index >= 15 is 0 Å². The number of piperazine rings is 1. The van der Waals surface area contributed by atoms with Gasteiger partial charge in [-0.05, 0) is 43.2 Å². The normalized spacial score (nSPS) is 20.1. The standard InChI is InChI=1S/C40H40F6N6O5S2/c41-39(42,43)22-48-37(56)31-19-51(17-27-21-58-38(49-27)23-5-7-26(8-6-23)40(44,45)46)11-12-52(31)18-28(53)13-24(14-29-15-25-16-47-10-9-34(25)59-29)36(55)50-35-30-3-1-2-4-33(30)57-20-32(35)54/h1-10,15-16,21,24,28,31-32,35,53-54H,11-14,17-20,22H2,(H,48,56)(H,50,55)/t24-,28-,31-,32+,35-/m0/s1. The molecule has 0 unspecified atom stereocenters. The minimum Gasteiger partial charge on any atom is -0.490 e. The van der Waals surface area contributed by atoms with E-state index in [2.05, 4.69) is 15.3 Å². The summed E-state index contributed by atoms with van der Waals surface area (Å²) >= 11 is 2.70. The van der Waals surface area contributed by atoms with Crippen molar-refractivity contribution in [1.82, 2.24) is 30.4 Å². The lowest BCUT2D eigenvalue weighted by Gasteiger charge is -2.41. The van der Waals surface area contributed by atoms with Gasteiger partial charge in [0.25, 0.3) is 0 Å². The van der Waals surface area contributed by atoms with E-state index in [1.165, 1.54) is 34.8 Å². The number of aliphatic hydroxyl groups is 2. The van der Waals surface area contributed by atoms with Gasteiger partial charge in [-0.1, -0.05) is 30.3 Å². The van der Waals surface area contributed by atoms with Crippen molar-refractivity contribution in [3.05, 3.63) is 100 Å². The topological polar surface area (TPSA) is 140 Å². The number of rotatable bonds is 13. The number of β-amino-alcohol motifs (C(OH)–C–C–N with tert-alkyl or cyclic N) is 1. The van der Waals surface area contributed by atoms with Crippen LogP contribution < -0.4 is 15.4 Å². The van der Waals surface area contributed by atoms with Crippen LogP contribution in [0.25, 0.3) is 20.7 Å². The van der Waals surface area contributed by atoms with Crippen LogP contribution in [0.15, 0.2) is 78.4 Å². The van der Waals surface area contributed by atoms with E-state index in [1.54, 1.807) is 46.9 Å². The van der Waals surface area contributed by atoms with Gasteiger partial charge >= 0.3 is 12.4 Å². The van der Waals surface area contributed by atoms with Crippen molar-refractivity contribution in [3.63, 3.8) is 0 Å². The van der Waals surface area contributed by atoms with Crippen LogP contribution in [0.5, 0.6) is 5.75 Å². The largest absolute Gasteiger partial charge is 0.490 e. The van der Waals surface area contributed by atoms with Crippen LogP contribution in [0.2, 0.25) is 0 Å². The predicted molar refractivity (Wildman–Crippen MR) is 209 cm³/mol. The molecule has 5 aromatic rings. The number of aromatic nitrogens is 2. The number of para-hydroxylation sites is 1. The third kappa shape index (κ3) is 10.8. The second kappa shape index (κ2) is 17.9. The van der Waals surface area contributed by atoms with E-state index in [0.29, 0.717) is 34.1 Å². The van der Waals surface area contributed by atoms with E-state index in [4.69, 9.17) is 4.74 Å². The summed E-state index contributed by atoms with van der Waals surface area (Å²) < 4.78 is 85.4. The fraction of sp³-hybridized carbons (Fsp3) is 0.400. The molecular formula is C40H40F6N6O5S2. The Morgan fingerprint density at radius 2 is 1.81 bits per heavy atom. The van der Waals surface area contributed by atoms with Gasteiger partial charge in [-0.2, -0.15) is 26.3 Å². The number of amides is 2. The molecule has 2 amide bonds. The Bertz CT molecular complexity index is 2200. The molecule has 0 saturated carbocycles. The zero-order valence-electron chi connectivity index (χ0n) is 31.2. The Morgan fingerprint density at radius 1 is 1.03 bits per heavy atom. The summed E-state index contributed by atoms with van der Waals surface area (Å²) in [5, 5.41) is 30.5. The van der Waals surface area contributed by atoms with Crippen molar-refractivity contribution in [2.75, 3.05) is 39.3 Å². The Kier molecular flexibility index (Phi) is 12.9. The molecule has 1 fully saturated rings. The minimum atomic E-state index is -4.66. The van der Waals surface area contributed by atoms with E-state index in [0.717, 1.165) is 27.1 Å². The molecule has 5 atom stereocenters. The molecule has 3 aromatic heterocycles. The maximum Gasteiger partial charge on any atom is 0.416 e. The summed E-state index contributed by atoms with van der Waals surface area (Å²) in [7, 11) is 0. The first-order valence-electron chi connectivity index (χ1n) is 18.7. The van der Waals surface area contributed by atoms with Crippen molar-refractivity contribution >= 4 is 44.6 Å². The zero-order valence-corrected chi connectivity index (χ0v) is 32.9. The molecule has 59 heavy (non-hydrogen) atoms. The highest BCUT2D eigenvalue weighted by atomic mass is 32.1. The molecule has 0 radical (unpaired) electrons. The number of benzene rings is 2. The SMILES string of the molecule is O=C(N[C@H]1c2ccccc2OC[C@H]1O)[C@H](Cc1cc2cnccc2s1)C[C@H](O)CN1CCN(Cc2csc(-c3ccc(C(F)(F)F)cc3)n2)C[C@H]1C(=O)NCC(F)(F)F. The molecule has 4 N–H and O–H groups in total. The first kappa shape index (κ1) is 42.5. The third-order valence-electron chi connectivity index (χ3n) is 10.3. The zero-order chi connectivity index (χ0) is 41.9. The first-order chi connectivity index (χ1) is 28.1. The number of hydrogen-bond donors (Lipinski definition) is 4. The fourth-order valence-corrected chi connectivity index (χ4v) is 9.30. The molecule has 0 aliphatic carbocycles. The molecule has 2 aromatic carbocycles. The lowest BCUT2D eigenvalue weighted by Crippen LogP contribution is -2.60. The molecule has 2 aliphatic heterocycles. The lowest BCUT2D eigenvalue weighted by molar-refractivity contribution is -0.143. The number of thiophene rings is 1. The van der Waals surface area contributed by atoms with E-state index in [-0.39, 0.29) is 45.6 Å². The summed E-state index contributed by atoms with van der Waals surface area (Å²) in [5.41, 5.74) is 0.869. The third-order valence-corrected chi connectivity index (χ3v) is 12.4. The number of carbonyl (C=O) groups is 2. The van der Waals surface area contributed by atoms with E-state index in [1.807, 2.05) is 22.3 Å². The maximum atomic E-state index is 14.1. The number of hydrogen-bond acceptors (Lipinski definition) is 11. The summed E-state index contributed by atoms with van der Waals surface area (Å²) in [6, 6.07) is 13.5. The molecule has 0 bridgehead atoms. The van der Waals surface area contributed by atoms with E-state index in [9.17, 15) is 46.1 Å². The smallest absolute Gasteiger partial charge is 0.416 e. The molecule has 7 rings (SSSR count). The Balaban J connectivity index is 1.06. The summed E-state index contributed by atoms with van der Waals surface area (Å²) in [5.74, 6) is -1.59. The predicted octanol–water partition coefficient (Wildman–Crippen LogP) is 5.82. The molecule has 314 valence electrons.